The topological polar surface area (TPSA) is 87.7 Å². The molecule has 1 unspecified atom stereocenters. The zero-order chi connectivity index (χ0) is 11.1. The van der Waals surface area contributed by atoms with Gasteiger partial charge in [0.15, 0.2) is 0 Å². The van der Waals surface area contributed by atoms with Crippen molar-refractivity contribution in [3.05, 3.63) is 0 Å². The fourth-order valence-corrected chi connectivity index (χ4v) is 0.921. The second kappa shape index (κ2) is 6.20. The van der Waals surface area contributed by atoms with E-state index >= 15 is 0 Å². The molecule has 6 nitrogen and oxygen atoms in total. The third-order valence-corrected chi connectivity index (χ3v) is 1.62. The van der Waals surface area contributed by atoms with E-state index in [0.717, 1.165) is 0 Å². The van der Waals surface area contributed by atoms with E-state index in [-0.39, 0.29) is 18.6 Å². The molecule has 3 N–H and O–H groups in total. The molecule has 0 heterocycles. The molecule has 0 aromatic carbocycles. The number of methoxy groups -OCH3 is 1. The van der Waals surface area contributed by atoms with Crippen molar-refractivity contribution in [2.45, 2.75) is 19.9 Å². The van der Waals surface area contributed by atoms with Gasteiger partial charge in [-0.05, 0) is 5.92 Å². The lowest BCUT2D eigenvalue weighted by Crippen LogP contribution is -2.49. The van der Waals surface area contributed by atoms with Gasteiger partial charge in [0.1, 0.15) is 12.8 Å². The number of carbonyl (C=O) groups excluding carboxylic acids is 1. The summed E-state index contributed by atoms with van der Waals surface area (Å²) in [6.45, 7) is 3.59. The van der Waals surface area contributed by atoms with Crippen LogP contribution in [0.25, 0.3) is 0 Å². The van der Waals surface area contributed by atoms with Crippen LogP contribution in [-0.4, -0.2) is 37.0 Å². The van der Waals surface area contributed by atoms with E-state index in [1.165, 1.54) is 7.11 Å². The standard InChI is InChI=1S/C8H16N2O4/c1-5(2)6(10-8(12)13)7(11)9-4-14-3/h5-6,10H,4H2,1-3H3,(H,9,11)(H,12,13). The smallest absolute Gasteiger partial charge is 0.405 e. The molecule has 6 heteroatoms. The lowest BCUT2D eigenvalue weighted by molar-refractivity contribution is -0.125. The van der Waals surface area contributed by atoms with Gasteiger partial charge in [0.2, 0.25) is 5.91 Å². The molecule has 0 rings (SSSR count). The number of ether oxygens (including phenoxy) is 1. The average molecular weight is 204 g/mol. The highest BCUT2D eigenvalue weighted by Crippen LogP contribution is 2.01. The van der Waals surface area contributed by atoms with Crippen LogP contribution in [0.15, 0.2) is 0 Å². The number of hydrogen-bond donors (Lipinski definition) is 3. The fourth-order valence-electron chi connectivity index (χ4n) is 0.921. The summed E-state index contributed by atoms with van der Waals surface area (Å²) in [6.07, 6.45) is -1.21. The quantitative estimate of drug-likeness (QED) is 0.550. The molecule has 82 valence electrons. The number of amides is 2. The van der Waals surface area contributed by atoms with Gasteiger partial charge in [0.05, 0.1) is 0 Å². The van der Waals surface area contributed by atoms with E-state index in [1.807, 2.05) is 0 Å². The third-order valence-electron chi connectivity index (χ3n) is 1.62. The van der Waals surface area contributed by atoms with Gasteiger partial charge < -0.3 is 20.5 Å². The van der Waals surface area contributed by atoms with Crippen molar-refractivity contribution >= 4 is 12.0 Å². The van der Waals surface area contributed by atoms with E-state index in [1.54, 1.807) is 13.8 Å². The summed E-state index contributed by atoms with van der Waals surface area (Å²) in [5, 5.41) is 13.1. The number of rotatable bonds is 5. The van der Waals surface area contributed by atoms with Crippen LogP contribution >= 0.6 is 0 Å². The number of carboxylic acid groups (broad SMARTS) is 1. The molecule has 0 fully saturated rings. The lowest BCUT2D eigenvalue weighted by atomic mass is 10.0. The van der Waals surface area contributed by atoms with Crippen molar-refractivity contribution in [1.82, 2.24) is 10.6 Å². The monoisotopic (exact) mass is 204 g/mol. The van der Waals surface area contributed by atoms with Gasteiger partial charge in [0.25, 0.3) is 0 Å². The predicted octanol–water partition coefficient (Wildman–Crippen LogP) is -0.00130. The van der Waals surface area contributed by atoms with Crippen molar-refractivity contribution in [2.24, 2.45) is 5.92 Å². The molecular formula is C8H16N2O4. The lowest BCUT2D eigenvalue weighted by Gasteiger charge is -2.19. The SMILES string of the molecule is COCNC(=O)C(NC(=O)O)C(C)C. The van der Waals surface area contributed by atoms with Crippen LogP contribution in [0.1, 0.15) is 13.8 Å². The molecule has 2 amide bonds. The molecule has 0 aliphatic heterocycles. The van der Waals surface area contributed by atoms with Crippen molar-refractivity contribution in [3.8, 4) is 0 Å². The Bertz CT molecular complexity index is 206. The minimum atomic E-state index is -1.21. The average Bonchev–Trinajstić information content (AvgIpc) is 2.09. The first-order valence-corrected chi connectivity index (χ1v) is 4.25. The highest BCUT2D eigenvalue weighted by atomic mass is 16.5. The van der Waals surface area contributed by atoms with Crippen LogP contribution in [0.4, 0.5) is 4.79 Å². The Balaban J connectivity index is 4.19. The molecular weight excluding hydrogens is 188 g/mol. The minimum absolute atomic E-state index is 0.0728. The molecule has 0 aliphatic rings. The Hall–Kier alpha value is -1.30. The third kappa shape index (κ3) is 4.66. The molecule has 0 saturated heterocycles. The first-order valence-electron chi connectivity index (χ1n) is 4.25. The highest BCUT2D eigenvalue weighted by molar-refractivity contribution is 5.85. The van der Waals surface area contributed by atoms with Gasteiger partial charge >= 0.3 is 6.09 Å². The highest BCUT2D eigenvalue weighted by Gasteiger charge is 2.23. The summed E-state index contributed by atoms with van der Waals surface area (Å²) in [5.74, 6) is -0.493. The Kier molecular flexibility index (Phi) is 5.62. The number of hydrogen-bond acceptors (Lipinski definition) is 3. The maximum atomic E-state index is 11.4. The Morgan fingerprint density at radius 2 is 2.00 bits per heavy atom. The van der Waals surface area contributed by atoms with Crippen molar-refractivity contribution in [3.63, 3.8) is 0 Å². The van der Waals surface area contributed by atoms with Crippen LogP contribution in [0.3, 0.4) is 0 Å². The van der Waals surface area contributed by atoms with E-state index < -0.39 is 12.1 Å². The van der Waals surface area contributed by atoms with Gasteiger partial charge in [0, 0.05) is 7.11 Å². The predicted molar refractivity (Wildman–Crippen MR) is 49.8 cm³/mol. The second-order valence-corrected chi connectivity index (χ2v) is 3.15. The molecule has 0 aromatic rings. The maximum absolute atomic E-state index is 11.4. The summed E-state index contributed by atoms with van der Waals surface area (Å²) >= 11 is 0. The van der Waals surface area contributed by atoms with Crippen molar-refractivity contribution in [2.75, 3.05) is 13.8 Å². The first kappa shape index (κ1) is 12.7. The fraction of sp³-hybridized carbons (Fsp3) is 0.750. The van der Waals surface area contributed by atoms with Gasteiger partial charge in [-0.3, -0.25) is 4.79 Å². The van der Waals surface area contributed by atoms with Crippen LogP contribution in [0.2, 0.25) is 0 Å². The van der Waals surface area contributed by atoms with Crippen LogP contribution in [0, 0.1) is 5.92 Å². The molecule has 1 atom stereocenters. The molecule has 0 radical (unpaired) electrons. The zero-order valence-electron chi connectivity index (χ0n) is 8.53. The molecule has 0 bridgehead atoms. The summed E-state index contributed by atoms with van der Waals surface area (Å²) < 4.78 is 4.64. The van der Waals surface area contributed by atoms with E-state index in [9.17, 15) is 9.59 Å². The molecule has 0 spiro atoms. The summed E-state index contributed by atoms with van der Waals surface area (Å²) in [4.78, 5) is 21.7. The number of carbonyl (C=O) groups is 2. The second-order valence-electron chi connectivity index (χ2n) is 3.15. The molecule has 0 aromatic heterocycles. The van der Waals surface area contributed by atoms with E-state index in [0.29, 0.717) is 0 Å². The van der Waals surface area contributed by atoms with Crippen LogP contribution in [0.5, 0.6) is 0 Å². The van der Waals surface area contributed by atoms with Gasteiger partial charge in [-0.2, -0.15) is 0 Å². The van der Waals surface area contributed by atoms with Gasteiger partial charge in [-0.15, -0.1) is 0 Å². The van der Waals surface area contributed by atoms with Crippen molar-refractivity contribution in [1.29, 1.82) is 0 Å². The van der Waals surface area contributed by atoms with Gasteiger partial charge in [-0.1, -0.05) is 13.8 Å². The van der Waals surface area contributed by atoms with Crippen molar-refractivity contribution < 1.29 is 19.4 Å². The molecule has 14 heavy (non-hydrogen) atoms. The van der Waals surface area contributed by atoms with Crippen LogP contribution < -0.4 is 10.6 Å². The summed E-state index contributed by atoms with van der Waals surface area (Å²) in [7, 11) is 1.44. The molecule has 0 saturated carbocycles. The minimum Gasteiger partial charge on any atom is -0.465 e. The Labute approximate surface area is 82.6 Å². The normalized spacial score (nSPS) is 12.3. The first-order chi connectivity index (χ1) is 6.49. The largest absolute Gasteiger partial charge is 0.465 e. The summed E-state index contributed by atoms with van der Waals surface area (Å²) in [6, 6.07) is -0.748. The number of nitrogens with one attached hydrogen (secondary N) is 2. The molecule has 0 aliphatic carbocycles. The zero-order valence-corrected chi connectivity index (χ0v) is 8.53. The maximum Gasteiger partial charge on any atom is 0.405 e. The Morgan fingerprint density at radius 3 is 2.36 bits per heavy atom. The summed E-state index contributed by atoms with van der Waals surface area (Å²) in [5.41, 5.74) is 0. The van der Waals surface area contributed by atoms with Gasteiger partial charge in [-0.25, -0.2) is 4.79 Å². The van der Waals surface area contributed by atoms with Crippen LogP contribution in [-0.2, 0) is 9.53 Å². The Morgan fingerprint density at radius 1 is 1.43 bits per heavy atom. The van der Waals surface area contributed by atoms with E-state index in [2.05, 4.69) is 15.4 Å². The van der Waals surface area contributed by atoms with E-state index in [4.69, 9.17) is 5.11 Å².